The Morgan fingerprint density at radius 1 is 1.47 bits per heavy atom. The van der Waals surface area contributed by atoms with Crippen molar-refractivity contribution in [3.63, 3.8) is 0 Å². The monoisotopic (exact) mass is 297 g/mol. The standard InChI is InChI=1S/C12H15N3OSe/c1-16-7-11(8-5-6-8)13-9-3-2-4-10-12(9)15-17-14-10/h2-4,8,11,13H,5-7H2,1H3. The maximum atomic E-state index is 5.28. The van der Waals surface area contributed by atoms with E-state index in [9.17, 15) is 0 Å². The van der Waals surface area contributed by atoms with Gasteiger partial charge in [0.05, 0.1) is 0 Å². The number of ether oxygens (including phenoxy) is 1. The maximum absolute atomic E-state index is 5.28. The van der Waals surface area contributed by atoms with Crippen LogP contribution in [0.25, 0.3) is 0 Å². The summed E-state index contributed by atoms with van der Waals surface area (Å²) in [6, 6.07) is 6.57. The predicted molar refractivity (Wildman–Crippen MR) is 68.4 cm³/mol. The van der Waals surface area contributed by atoms with Gasteiger partial charge in [0.1, 0.15) is 0 Å². The zero-order valence-corrected chi connectivity index (χ0v) is 11.4. The summed E-state index contributed by atoms with van der Waals surface area (Å²) in [5.74, 6) is 0.759. The molecule has 1 heterocycles. The summed E-state index contributed by atoms with van der Waals surface area (Å²) < 4.78 is 14.2. The van der Waals surface area contributed by atoms with Crippen LogP contribution in [0.3, 0.4) is 0 Å². The molecule has 0 bridgehead atoms. The summed E-state index contributed by atoms with van der Waals surface area (Å²) in [7, 11) is 1.76. The van der Waals surface area contributed by atoms with Crippen molar-refractivity contribution in [2.24, 2.45) is 13.8 Å². The number of benzene rings is 1. The number of nitrogens with one attached hydrogen (secondary N) is 1. The van der Waals surface area contributed by atoms with Crippen LogP contribution in [0.15, 0.2) is 26.1 Å². The molecule has 1 aliphatic heterocycles. The minimum absolute atomic E-state index is 0.0381. The van der Waals surface area contributed by atoms with Gasteiger partial charge in [-0.25, -0.2) is 0 Å². The van der Waals surface area contributed by atoms with E-state index in [0.717, 1.165) is 29.6 Å². The van der Waals surface area contributed by atoms with Crippen molar-refractivity contribution in [3.05, 3.63) is 18.2 Å². The van der Waals surface area contributed by atoms with E-state index in [1.807, 2.05) is 12.1 Å². The topological polar surface area (TPSA) is 46.0 Å². The Bertz CT molecular complexity index is 493. The normalized spacial score (nSPS) is 18.6. The van der Waals surface area contributed by atoms with Gasteiger partial charge in [-0.2, -0.15) is 0 Å². The molecule has 0 radical (unpaired) electrons. The number of rotatable bonds is 5. The van der Waals surface area contributed by atoms with Crippen molar-refractivity contribution < 1.29 is 4.74 Å². The van der Waals surface area contributed by atoms with Gasteiger partial charge in [0.15, 0.2) is 0 Å². The Hall–Kier alpha value is -0.901. The third kappa shape index (κ3) is 2.36. The molecular weight excluding hydrogens is 281 g/mol. The van der Waals surface area contributed by atoms with Crippen LogP contribution >= 0.6 is 0 Å². The van der Waals surface area contributed by atoms with E-state index in [1.54, 1.807) is 7.11 Å². The summed E-state index contributed by atoms with van der Waals surface area (Å²) in [5.41, 5.74) is 3.18. The summed E-state index contributed by atoms with van der Waals surface area (Å²) in [4.78, 5) is 0. The summed E-state index contributed by atoms with van der Waals surface area (Å²) in [5, 5.41) is 3.57. The molecule has 1 aromatic rings. The molecular formula is C12H15N3OSe. The fourth-order valence-electron chi connectivity index (χ4n) is 2.10. The average Bonchev–Trinajstić information content (AvgIpc) is 3.07. The Balaban J connectivity index is 1.80. The van der Waals surface area contributed by atoms with Gasteiger partial charge in [0.2, 0.25) is 0 Å². The second kappa shape index (κ2) is 4.76. The molecule has 17 heavy (non-hydrogen) atoms. The zero-order valence-electron chi connectivity index (χ0n) is 9.72. The van der Waals surface area contributed by atoms with E-state index in [1.165, 1.54) is 12.8 Å². The van der Waals surface area contributed by atoms with E-state index in [0.29, 0.717) is 6.04 Å². The molecule has 2 aliphatic rings. The molecule has 1 unspecified atom stereocenters. The molecule has 1 aliphatic carbocycles. The fraction of sp³-hybridized carbons (Fsp3) is 0.500. The zero-order chi connectivity index (χ0) is 11.7. The molecule has 4 nitrogen and oxygen atoms in total. The Morgan fingerprint density at radius 2 is 2.35 bits per heavy atom. The number of methoxy groups -OCH3 is 1. The summed E-state index contributed by atoms with van der Waals surface area (Å²) >= 11 is 0.0381. The second-order valence-corrected chi connectivity index (χ2v) is 5.59. The summed E-state index contributed by atoms with van der Waals surface area (Å²) in [6.45, 7) is 0.761. The van der Waals surface area contributed by atoms with Gasteiger partial charge in [0, 0.05) is 0 Å². The van der Waals surface area contributed by atoms with Crippen LogP contribution in [0.4, 0.5) is 17.1 Å². The Morgan fingerprint density at radius 3 is 3.12 bits per heavy atom. The van der Waals surface area contributed by atoms with Gasteiger partial charge >= 0.3 is 106 Å². The first-order valence-electron chi connectivity index (χ1n) is 5.85. The predicted octanol–water partition coefficient (Wildman–Crippen LogP) is 2.87. The first-order chi connectivity index (χ1) is 8.38. The number of hydrogen-bond donors (Lipinski definition) is 1. The van der Waals surface area contributed by atoms with Gasteiger partial charge in [-0.3, -0.25) is 0 Å². The molecule has 1 N–H and O–H groups in total. The van der Waals surface area contributed by atoms with Crippen molar-refractivity contribution in [2.45, 2.75) is 18.9 Å². The van der Waals surface area contributed by atoms with E-state index in [-0.39, 0.29) is 14.6 Å². The molecule has 3 rings (SSSR count). The third-order valence-corrected chi connectivity index (χ3v) is 4.30. The fourth-order valence-corrected chi connectivity index (χ4v) is 3.25. The van der Waals surface area contributed by atoms with Crippen molar-refractivity contribution in [1.29, 1.82) is 0 Å². The Kier molecular flexibility index (Phi) is 3.14. The molecule has 90 valence electrons. The van der Waals surface area contributed by atoms with Crippen molar-refractivity contribution >= 4 is 31.6 Å². The van der Waals surface area contributed by atoms with E-state index in [2.05, 4.69) is 19.3 Å². The molecule has 1 aromatic carbocycles. The van der Waals surface area contributed by atoms with E-state index in [4.69, 9.17) is 4.74 Å². The SMILES string of the molecule is COCC(Nc1cccc2c1N=[Se]=N2)C1CC1. The average molecular weight is 296 g/mol. The van der Waals surface area contributed by atoms with Gasteiger partial charge < -0.3 is 0 Å². The molecule has 5 heteroatoms. The molecule has 0 saturated heterocycles. The number of hydrogen-bond acceptors (Lipinski definition) is 4. The number of nitrogens with zero attached hydrogens (tertiary/aromatic N) is 2. The van der Waals surface area contributed by atoms with Crippen LogP contribution in [0.2, 0.25) is 0 Å². The number of fused-ring (bicyclic) bond motifs is 1. The van der Waals surface area contributed by atoms with Gasteiger partial charge in [0.25, 0.3) is 0 Å². The van der Waals surface area contributed by atoms with Crippen molar-refractivity contribution in [2.75, 3.05) is 19.0 Å². The van der Waals surface area contributed by atoms with Crippen LogP contribution in [-0.2, 0) is 4.74 Å². The second-order valence-electron chi connectivity index (χ2n) is 4.48. The Labute approximate surface area is 107 Å². The molecule has 1 atom stereocenters. The molecule has 0 spiro atoms. The quantitative estimate of drug-likeness (QED) is 0.862. The van der Waals surface area contributed by atoms with Gasteiger partial charge in [-0.1, -0.05) is 0 Å². The molecule has 0 aromatic heterocycles. The minimum atomic E-state index is 0.0381. The van der Waals surface area contributed by atoms with Crippen LogP contribution in [0.5, 0.6) is 0 Å². The van der Waals surface area contributed by atoms with Crippen molar-refractivity contribution in [1.82, 2.24) is 0 Å². The first kappa shape index (κ1) is 11.2. The van der Waals surface area contributed by atoms with E-state index >= 15 is 0 Å². The van der Waals surface area contributed by atoms with E-state index < -0.39 is 0 Å². The van der Waals surface area contributed by atoms with Crippen LogP contribution < -0.4 is 5.32 Å². The van der Waals surface area contributed by atoms with Gasteiger partial charge in [-0.15, -0.1) is 0 Å². The molecule has 1 fully saturated rings. The summed E-state index contributed by atoms with van der Waals surface area (Å²) in [6.07, 6.45) is 2.61. The van der Waals surface area contributed by atoms with Crippen LogP contribution in [0, 0.1) is 5.92 Å². The molecule has 1 saturated carbocycles. The molecule has 0 amide bonds. The third-order valence-electron chi connectivity index (χ3n) is 3.16. The first-order valence-corrected chi connectivity index (χ1v) is 7.38. The van der Waals surface area contributed by atoms with Crippen molar-refractivity contribution in [3.8, 4) is 0 Å². The van der Waals surface area contributed by atoms with Gasteiger partial charge in [-0.05, 0) is 0 Å². The van der Waals surface area contributed by atoms with Crippen LogP contribution in [0.1, 0.15) is 12.8 Å². The number of anilines is 1. The van der Waals surface area contributed by atoms with Crippen LogP contribution in [-0.4, -0.2) is 34.3 Å².